The summed E-state index contributed by atoms with van der Waals surface area (Å²) in [6.07, 6.45) is 7.23. The summed E-state index contributed by atoms with van der Waals surface area (Å²) in [4.78, 5) is 13.5. The maximum absolute atomic E-state index is 6.54. The molecule has 5 aromatic rings. The zero-order valence-electron chi connectivity index (χ0n) is 18.1. The highest BCUT2D eigenvalue weighted by Gasteiger charge is 2.20. The number of thiazole rings is 1. The molecule has 1 saturated heterocycles. The second-order valence-electron chi connectivity index (χ2n) is 8.08. The minimum Gasteiger partial charge on any atom is -0.489 e. The third-order valence-corrected chi connectivity index (χ3v) is 6.59. The lowest BCUT2D eigenvalue weighted by atomic mass is 10.1. The molecule has 33 heavy (non-hydrogen) atoms. The Balaban J connectivity index is 1.46. The number of aromatic nitrogens is 5. The fourth-order valence-electron chi connectivity index (χ4n) is 4.12. The number of ether oxygens (including phenoxy) is 2. The van der Waals surface area contributed by atoms with Crippen LogP contribution < -0.4 is 10.1 Å². The molecule has 0 saturated carbocycles. The van der Waals surface area contributed by atoms with Gasteiger partial charge < -0.3 is 14.8 Å². The highest BCUT2D eigenvalue weighted by molar-refractivity contribution is 7.16. The molecule has 1 N–H and O–H groups in total. The fraction of sp³-hybridized carbons (Fsp3) is 0.250. The Morgan fingerprint density at radius 1 is 1.06 bits per heavy atom. The summed E-state index contributed by atoms with van der Waals surface area (Å²) in [7, 11) is 1.91. The summed E-state index contributed by atoms with van der Waals surface area (Å²) >= 11 is 1.62. The highest BCUT2D eigenvalue weighted by Crippen LogP contribution is 2.37. The molecule has 0 aliphatic carbocycles. The van der Waals surface area contributed by atoms with Crippen molar-refractivity contribution in [3.8, 4) is 16.9 Å². The van der Waals surface area contributed by atoms with E-state index in [1.165, 1.54) is 0 Å². The van der Waals surface area contributed by atoms with Crippen LogP contribution in [0.5, 0.6) is 5.75 Å². The number of nitrogens with zero attached hydrogens (tertiary/aromatic N) is 5. The van der Waals surface area contributed by atoms with E-state index in [4.69, 9.17) is 9.47 Å². The minimum absolute atomic E-state index is 0.0905. The molecule has 0 radical (unpaired) electrons. The maximum Gasteiger partial charge on any atom is 0.145 e. The number of hydrogen-bond donors (Lipinski definition) is 1. The summed E-state index contributed by atoms with van der Waals surface area (Å²) < 4.78 is 15.0. The molecule has 1 aliphatic heterocycles. The third-order valence-electron chi connectivity index (χ3n) is 5.80. The summed E-state index contributed by atoms with van der Waals surface area (Å²) in [5.41, 5.74) is 6.62. The van der Waals surface area contributed by atoms with Gasteiger partial charge in [-0.2, -0.15) is 5.10 Å². The molecule has 0 unspecified atom stereocenters. The molecular weight excluding hydrogens is 436 g/mol. The first-order chi connectivity index (χ1) is 16.2. The topological polar surface area (TPSA) is 87.0 Å². The predicted molar refractivity (Wildman–Crippen MR) is 129 cm³/mol. The van der Waals surface area contributed by atoms with E-state index in [1.807, 2.05) is 37.1 Å². The van der Waals surface area contributed by atoms with Crippen molar-refractivity contribution in [2.75, 3.05) is 18.5 Å². The van der Waals surface area contributed by atoms with Crippen molar-refractivity contribution in [2.24, 2.45) is 7.05 Å². The molecule has 3 aromatic heterocycles. The van der Waals surface area contributed by atoms with Crippen LogP contribution in [0.2, 0.25) is 0 Å². The van der Waals surface area contributed by atoms with Crippen LogP contribution in [-0.2, 0) is 11.8 Å². The van der Waals surface area contributed by atoms with E-state index in [1.54, 1.807) is 22.3 Å². The Morgan fingerprint density at radius 2 is 1.97 bits per heavy atom. The van der Waals surface area contributed by atoms with Gasteiger partial charge in [0, 0.05) is 37.3 Å². The lowest BCUT2D eigenvalue weighted by Crippen LogP contribution is -2.26. The van der Waals surface area contributed by atoms with Crippen molar-refractivity contribution in [2.45, 2.75) is 18.9 Å². The Hall–Kier alpha value is -3.56. The van der Waals surface area contributed by atoms with Crippen molar-refractivity contribution >= 4 is 44.0 Å². The lowest BCUT2D eigenvalue weighted by Gasteiger charge is -2.24. The van der Waals surface area contributed by atoms with Crippen molar-refractivity contribution in [3.05, 3.63) is 54.6 Å². The molecule has 0 bridgehead atoms. The van der Waals surface area contributed by atoms with Crippen LogP contribution in [0.4, 0.5) is 11.5 Å². The van der Waals surface area contributed by atoms with E-state index < -0.39 is 0 Å². The average molecular weight is 459 g/mol. The zero-order chi connectivity index (χ0) is 22.2. The first-order valence-electron chi connectivity index (χ1n) is 10.9. The van der Waals surface area contributed by atoms with E-state index >= 15 is 0 Å². The molecule has 6 rings (SSSR count). The minimum atomic E-state index is 0.0905. The second-order valence-corrected chi connectivity index (χ2v) is 8.97. The summed E-state index contributed by atoms with van der Waals surface area (Å²) in [5.74, 6) is 1.48. The van der Waals surface area contributed by atoms with Crippen LogP contribution in [0.25, 0.3) is 32.2 Å². The standard InChI is InChI=1S/C24H22N6O2S/c1-30-12-16(11-28-30)15-8-20-23(21(9-15)32-18-4-6-31-7-5-18)24(26-13-25-20)29-17-2-3-19-22(10-17)33-14-27-19/h2-3,8-14,18H,4-7H2,1H3,(H,25,26,29). The van der Waals surface area contributed by atoms with Crippen molar-refractivity contribution < 1.29 is 9.47 Å². The maximum atomic E-state index is 6.54. The van der Waals surface area contributed by atoms with Crippen LogP contribution in [-0.4, -0.2) is 44.1 Å². The van der Waals surface area contributed by atoms with Crippen LogP contribution >= 0.6 is 11.3 Å². The highest BCUT2D eigenvalue weighted by atomic mass is 32.1. The van der Waals surface area contributed by atoms with Gasteiger partial charge in [-0.25, -0.2) is 15.0 Å². The van der Waals surface area contributed by atoms with Gasteiger partial charge in [-0.05, 0) is 35.9 Å². The number of nitrogens with one attached hydrogen (secondary N) is 1. The van der Waals surface area contributed by atoms with Gasteiger partial charge in [0.05, 0.1) is 46.0 Å². The number of benzene rings is 2. The molecule has 166 valence electrons. The number of rotatable bonds is 5. The first-order valence-corrected chi connectivity index (χ1v) is 11.7. The van der Waals surface area contributed by atoms with Gasteiger partial charge in [-0.3, -0.25) is 4.68 Å². The van der Waals surface area contributed by atoms with Crippen molar-refractivity contribution in [1.82, 2.24) is 24.7 Å². The number of fused-ring (bicyclic) bond motifs is 2. The summed E-state index contributed by atoms with van der Waals surface area (Å²) in [6.45, 7) is 1.42. The quantitative estimate of drug-likeness (QED) is 0.399. The molecule has 0 atom stereocenters. The van der Waals surface area contributed by atoms with Crippen LogP contribution in [0, 0.1) is 0 Å². The average Bonchev–Trinajstić information content (AvgIpc) is 3.48. The normalized spacial score (nSPS) is 14.7. The third kappa shape index (κ3) is 4.01. The van der Waals surface area contributed by atoms with Crippen molar-refractivity contribution in [1.29, 1.82) is 0 Å². The van der Waals surface area contributed by atoms with Gasteiger partial charge >= 0.3 is 0 Å². The van der Waals surface area contributed by atoms with Crippen LogP contribution in [0.15, 0.2) is 54.6 Å². The molecular formula is C24H22N6O2S. The predicted octanol–water partition coefficient (Wildman–Crippen LogP) is 4.94. The van der Waals surface area contributed by atoms with Crippen LogP contribution in [0.3, 0.4) is 0 Å². The van der Waals surface area contributed by atoms with E-state index in [9.17, 15) is 0 Å². The zero-order valence-corrected chi connectivity index (χ0v) is 18.9. The molecule has 1 fully saturated rings. The van der Waals surface area contributed by atoms with E-state index in [0.29, 0.717) is 19.0 Å². The van der Waals surface area contributed by atoms with E-state index in [2.05, 4.69) is 43.6 Å². The Morgan fingerprint density at radius 3 is 2.82 bits per heavy atom. The second kappa shape index (κ2) is 8.42. The van der Waals surface area contributed by atoms with Gasteiger partial charge in [0.25, 0.3) is 0 Å². The van der Waals surface area contributed by atoms with E-state index in [-0.39, 0.29) is 6.10 Å². The molecule has 4 heterocycles. The first kappa shape index (κ1) is 20.1. The summed E-state index contributed by atoms with van der Waals surface area (Å²) in [6, 6.07) is 10.2. The number of aryl methyl sites for hydroxylation is 1. The SMILES string of the molecule is Cn1cc(-c2cc(OC3CCOCC3)c3c(Nc4ccc5ncsc5c4)ncnc3c2)cn1. The fourth-order valence-corrected chi connectivity index (χ4v) is 4.84. The number of anilines is 2. The Labute approximate surface area is 194 Å². The molecule has 9 heteroatoms. The van der Waals surface area contributed by atoms with Gasteiger partial charge in [-0.1, -0.05) is 0 Å². The Kier molecular flexibility index (Phi) is 5.12. The van der Waals surface area contributed by atoms with Crippen molar-refractivity contribution in [3.63, 3.8) is 0 Å². The summed E-state index contributed by atoms with van der Waals surface area (Å²) in [5, 5.41) is 8.66. The Bertz CT molecular complexity index is 1440. The van der Waals surface area contributed by atoms with Gasteiger partial charge in [-0.15, -0.1) is 11.3 Å². The number of hydrogen-bond acceptors (Lipinski definition) is 8. The molecule has 2 aromatic carbocycles. The largest absolute Gasteiger partial charge is 0.489 e. The molecule has 0 spiro atoms. The monoisotopic (exact) mass is 458 g/mol. The lowest BCUT2D eigenvalue weighted by molar-refractivity contribution is 0.0262. The van der Waals surface area contributed by atoms with Gasteiger partial charge in [0.2, 0.25) is 0 Å². The molecule has 1 aliphatic rings. The molecule has 8 nitrogen and oxygen atoms in total. The van der Waals surface area contributed by atoms with Crippen LogP contribution in [0.1, 0.15) is 12.8 Å². The smallest absolute Gasteiger partial charge is 0.145 e. The molecule has 0 amide bonds. The van der Waals surface area contributed by atoms with E-state index in [0.717, 1.165) is 56.5 Å². The van der Waals surface area contributed by atoms with Gasteiger partial charge in [0.1, 0.15) is 24.0 Å². The van der Waals surface area contributed by atoms with Gasteiger partial charge in [0.15, 0.2) is 0 Å².